The second kappa shape index (κ2) is 6.22. The minimum atomic E-state index is -2.97. The van der Waals surface area contributed by atoms with Crippen LogP contribution in [-0.4, -0.2) is 79.1 Å². The summed E-state index contributed by atoms with van der Waals surface area (Å²) in [7, 11) is -1.27. The number of hydrogen-bond donors (Lipinski definition) is 1. The molecule has 2 unspecified atom stereocenters. The van der Waals surface area contributed by atoms with E-state index in [1.807, 2.05) is 6.92 Å². The molecule has 2 atom stereocenters. The number of hydrogen-bond acceptors (Lipinski definition) is 5. The fourth-order valence-electron chi connectivity index (χ4n) is 3.06. The summed E-state index contributed by atoms with van der Waals surface area (Å²) in [5.41, 5.74) is -0.636. The molecule has 0 bridgehead atoms. The number of rotatable bonds is 3. The van der Waals surface area contributed by atoms with E-state index in [0.717, 1.165) is 19.4 Å². The molecule has 0 radical (unpaired) electrons. The van der Waals surface area contributed by atoms with E-state index in [0.29, 0.717) is 25.9 Å². The Bertz CT molecular complexity index is 489. The Kier molecular flexibility index (Phi) is 4.95. The number of carbonyl (C=O) groups is 1. The van der Waals surface area contributed by atoms with Crippen LogP contribution in [0.2, 0.25) is 0 Å². The van der Waals surface area contributed by atoms with Gasteiger partial charge in [-0.15, -0.1) is 0 Å². The van der Waals surface area contributed by atoms with Gasteiger partial charge in [0.05, 0.1) is 23.7 Å². The summed E-state index contributed by atoms with van der Waals surface area (Å²) >= 11 is 0. The molecule has 2 heterocycles. The molecule has 2 aliphatic heterocycles. The summed E-state index contributed by atoms with van der Waals surface area (Å²) in [5, 5.41) is 10.1. The first-order valence-corrected chi connectivity index (χ1v) is 9.41. The molecule has 0 aromatic carbocycles. The van der Waals surface area contributed by atoms with Crippen LogP contribution in [-0.2, 0) is 14.6 Å². The first kappa shape index (κ1) is 16.7. The van der Waals surface area contributed by atoms with E-state index in [1.54, 1.807) is 11.9 Å². The molecule has 1 amide bonds. The lowest BCUT2D eigenvalue weighted by molar-refractivity contribution is -0.132. The molecule has 122 valence electrons. The Morgan fingerprint density at radius 3 is 2.71 bits per heavy atom. The predicted octanol–water partition coefficient (Wildman–Crippen LogP) is -0.131. The molecular weight excluding hydrogens is 292 g/mol. The van der Waals surface area contributed by atoms with Gasteiger partial charge in [0.2, 0.25) is 5.91 Å². The summed E-state index contributed by atoms with van der Waals surface area (Å²) in [4.78, 5) is 16.0. The molecule has 7 heteroatoms. The molecule has 2 aliphatic rings. The quantitative estimate of drug-likeness (QED) is 0.784. The number of carbonyl (C=O) groups excluding carboxylic acids is 1. The van der Waals surface area contributed by atoms with Gasteiger partial charge in [0.15, 0.2) is 9.84 Å². The van der Waals surface area contributed by atoms with Gasteiger partial charge >= 0.3 is 0 Å². The van der Waals surface area contributed by atoms with Crippen LogP contribution in [0.5, 0.6) is 0 Å². The number of aliphatic hydroxyl groups is 1. The van der Waals surface area contributed by atoms with Crippen LogP contribution in [0.15, 0.2) is 0 Å². The average Bonchev–Trinajstić information content (AvgIpc) is 2.65. The van der Waals surface area contributed by atoms with Crippen molar-refractivity contribution in [3.05, 3.63) is 0 Å². The summed E-state index contributed by atoms with van der Waals surface area (Å²) in [6.07, 6.45) is 2.84. The number of nitrogens with zero attached hydrogens (tertiary/aromatic N) is 2. The molecule has 2 saturated heterocycles. The maximum absolute atomic E-state index is 12.3. The van der Waals surface area contributed by atoms with E-state index in [2.05, 4.69) is 4.90 Å². The third-order valence-electron chi connectivity index (χ3n) is 4.66. The second-order valence-electron chi connectivity index (χ2n) is 6.69. The van der Waals surface area contributed by atoms with Gasteiger partial charge in [-0.25, -0.2) is 8.42 Å². The van der Waals surface area contributed by atoms with Crippen LogP contribution in [0, 0.1) is 0 Å². The van der Waals surface area contributed by atoms with Gasteiger partial charge in [-0.3, -0.25) is 9.69 Å². The second-order valence-corrected chi connectivity index (χ2v) is 8.92. The number of likely N-dealkylation sites (N-methyl/N-ethyl adjacent to an activating group) is 1. The van der Waals surface area contributed by atoms with Crippen molar-refractivity contribution in [3.63, 3.8) is 0 Å². The summed E-state index contributed by atoms with van der Waals surface area (Å²) < 4.78 is 23.0. The first-order valence-electron chi connectivity index (χ1n) is 7.59. The molecule has 0 saturated carbocycles. The minimum Gasteiger partial charge on any atom is -0.390 e. The number of amides is 1. The first-order chi connectivity index (χ1) is 9.69. The Hall–Kier alpha value is -0.660. The fourth-order valence-corrected chi connectivity index (χ4v) is 4.84. The van der Waals surface area contributed by atoms with Crippen molar-refractivity contribution in [2.24, 2.45) is 0 Å². The molecule has 0 aromatic rings. The average molecular weight is 318 g/mol. The topological polar surface area (TPSA) is 77.9 Å². The maximum atomic E-state index is 12.3. The molecule has 6 nitrogen and oxygen atoms in total. The molecule has 2 rings (SSSR count). The van der Waals surface area contributed by atoms with Crippen LogP contribution in [0.4, 0.5) is 0 Å². The van der Waals surface area contributed by atoms with Crippen molar-refractivity contribution >= 4 is 15.7 Å². The largest absolute Gasteiger partial charge is 0.390 e. The number of likely N-dealkylation sites (tertiary alicyclic amines) is 1. The van der Waals surface area contributed by atoms with E-state index in [1.165, 1.54) is 0 Å². The Balaban J connectivity index is 1.86. The van der Waals surface area contributed by atoms with Crippen molar-refractivity contribution in [2.45, 2.75) is 44.2 Å². The highest BCUT2D eigenvalue weighted by Gasteiger charge is 2.33. The van der Waals surface area contributed by atoms with Gasteiger partial charge in [0, 0.05) is 19.6 Å². The lowest BCUT2D eigenvalue weighted by Crippen LogP contribution is -2.44. The van der Waals surface area contributed by atoms with Crippen molar-refractivity contribution in [3.8, 4) is 0 Å². The van der Waals surface area contributed by atoms with Crippen LogP contribution in [0.3, 0.4) is 0 Å². The van der Waals surface area contributed by atoms with Gasteiger partial charge in [-0.1, -0.05) is 0 Å². The van der Waals surface area contributed by atoms with Gasteiger partial charge < -0.3 is 10.0 Å². The zero-order valence-electron chi connectivity index (χ0n) is 12.9. The highest BCUT2D eigenvalue weighted by Crippen LogP contribution is 2.22. The summed E-state index contributed by atoms with van der Waals surface area (Å²) in [6.45, 7) is 3.66. The lowest BCUT2D eigenvalue weighted by atomic mass is 9.98. The van der Waals surface area contributed by atoms with Gasteiger partial charge in [0.25, 0.3) is 0 Å². The smallest absolute Gasteiger partial charge is 0.236 e. The van der Waals surface area contributed by atoms with E-state index in [-0.39, 0.29) is 23.5 Å². The zero-order chi connectivity index (χ0) is 15.7. The van der Waals surface area contributed by atoms with E-state index in [4.69, 9.17) is 0 Å². The van der Waals surface area contributed by atoms with Crippen molar-refractivity contribution in [2.75, 3.05) is 38.2 Å². The van der Waals surface area contributed by atoms with Crippen molar-refractivity contribution < 1.29 is 18.3 Å². The highest BCUT2D eigenvalue weighted by atomic mass is 32.2. The fraction of sp³-hybridized carbons (Fsp3) is 0.929. The molecule has 1 N–H and O–H groups in total. The zero-order valence-corrected chi connectivity index (χ0v) is 13.7. The van der Waals surface area contributed by atoms with Crippen molar-refractivity contribution in [1.29, 1.82) is 0 Å². The van der Waals surface area contributed by atoms with Crippen molar-refractivity contribution in [1.82, 2.24) is 9.80 Å². The highest BCUT2D eigenvalue weighted by molar-refractivity contribution is 7.91. The molecule has 2 fully saturated rings. The molecule has 21 heavy (non-hydrogen) atoms. The van der Waals surface area contributed by atoms with Crippen LogP contribution in [0.25, 0.3) is 0 Å². The third kappa shape index (κ3) is 4.66. The number of sulfone groups is 1. The van der Waals surface area contributed by atoms with Crippen LogP contribution in [0.1, 0.15) is 32.6 Å². The summed E-state index contributed by atoms with van der Waals surface area (Å²) in [6, 6.07) is -0.183. The third-order valence-corrected chi connectivity index (χ3v) is 6.42. The Labute approximate surface area is 127 Å². The SMILES string of the molecule is CN(C(=O)CN1CCCC(C)(O)CC1)C1CCS(=O)(=O)C1. The minimum absolute atomic E-state index is 0.0290. The monoisotopic (exact) mass is 318 g/mol. The molecule has 0 aromatic heterocycles. The predicted molar refractivity (Wildman–Crippen MR) is 80.7 cm³/mol. The van der Waals surface area contributed by atoms with Crippen LogP contribution < -0.4 is 0 Å². The van der Waals surface area contributed by atoms with Crippen LogP contribution >= 0.6 is 0 Å². The van der Waals surface area contributed by atoms with E-state index >= 15 is 0 Å². The molecular formula is C14H26N2O4S. The lowest BCUT2D eigenvalue weighted by Gasteiger charge is -2.27. The normalized spacial score (nSPS) is 33.6. The molecule has 0 aliphatic carbocycles. The Morgan fingerprint density at radius 2 is 2.10 bits per heavy atom. The van der Waals surface area contributed by atoms with Gasteiger partial charge in [-0.05, 0) is 39.2 Å². The summed E-state index contributed by atoms with van der Waals surface area (Å²) in [5.74, 6) is 0.241. The molecule has 0 spiro atoms. The van der Waals surface area contributed by atoms with E-state index in [9.17, 15) is 18.3 Å². The van der Waals surface area contributed by atoms with Gasteiger partial charge in [-0.2, -0.15) is 0 Å². The maximum Gasteiger partial charge on any atom is 0.236 e. The standard InChI is InChI=1S/C14H26N2O4S/c1-14(18)5-3-7-16(8-6-14)10-13(17)15(2)12-4-9-21(19,20)11-12/h12,18H,3-11H2,1-2H3. The van der Waals surface area contributed by atoms with E-state index < -0.39 is 15.4 Å². The Morgan fingerprint density at radius 1 is 1.38 bits per heavy atom. The van der Waals surface area contributed by atoms with Gasteiger partial charge in [0.1, 0.15) is 0 Å².